The Morgan fingerprint density at radius 1 is 1.75 bits per heavy atom. The predicted molar refractivity (Wildman–Crippen MR) is 15.6 cm³/mol. The Morgan fingerprint density at radius 2 is 1.75 bits per heavy atom. The fourth-order valence-electron chi connectivity index (χ4n) is 0. The van der Waals surface area contributed by atoms with E-state index in [0.29, 0.717) is 0 Å². The van der Waals surface area contributed by atoms with Gasteiger partial charge in [0.25, 0.3) is 0 Å². The van der Waals surface area contributed by atoms with Crippen molar-refractivity contribution in [2.45, 2.75) is 0 Å². The van der Waals surface area contributed by atoms with Gasteiger partial charge in [0, 0.05) is 0 Å². The molecule has 18 valence electrons. The van der Waals surface area contributed by atoms with Gasteiger partial charge in [0.2, 0.25) is 6.08 Å². The van der Waals surface area contributed by atoms with Crippen molar-refractivity contribution < 1.29 is 4.79 Å². The van der Waals surface area contributed by atoms with Gasteiger partial charge in [-0.15, -0.1) is 0 Å². The van der Waals surface area contributed by atoms with Crippen molar-refractivity contribution in [3.05, 3.63) is 0 Å². The van der Waals surface area contributed by atoms with Gasteiger partial charge in [-0.25, -0.2) is 10.2 Å². The monoisotopic (exact) mass is 67.0 g/mol. The molecule has 4 heavy (non-hydrogen) atoms. The summed E-state index contributed by atoms with van der Waals surface area (Å²) in [7, 11) is 0. The van der Waals surface area contributed by atoms with Gasteiger partial charge in [0.15, 0.2) is 0 Å². The van der Waals surface area contributed by atoms with Crippen LogP contribution >= 0.6 is 0 Å². The van der Waals surface area contributed by atoms with E-state index in [1.165, 1.54) is 0 Å². The quantitative estimate of drug-likeness (QED) is 0.226. The van der Waals surface area contributed by atoms with E-state index in [-0.39, 0.29) is 29.6 Å². The molecule has 0 spiro atoms. The minimum absolute atomic E-state index is 0. The first-order chi connectivity index (χ1) is 1.41. The molecule has 0 aliphatic rings. The van der Waals surface area contributed by atoms with Crippen LogP contribution in [0.25, 0.3) is 0 Å². The number of hydrogen-bond acceptors (Lipinski definition) is 2. The van der Waals surface area contributed by atoms with Gasteiger partial charge in [0.05, 0.1) is 0 Å². The number of hydrogen-bond donors (Lipinski definition) is 1. The maximum absolute atomic E-state index is 8.35. The molecule has 0 aliphatic heterocycles. The van der Waals surface area contributed by atoms with Crippen LogP contribution in [0.2, 0.25) is 0 Å². The molecule has 0 saturated carbocycles. The first kappa shape index (κ1) is 8.83. The average Bonchev–Trinajstić information content (AvgIpc) is 0.918. The molecule has 0 unspecified atom stereocenters. The first-order valence-corrected chi connectivity index (χ1v) is 0.454. The molecule has 0 radical (unpaired) electrons. The van der Waals surface area contributed by atoms with Crippen molar-refractivity contribution in [1.82, 2.24) is 0 Å². The van der Waals surface area contributed by atoms with E-state index in [1.807, 2.05) is 0 Å². The molecule has 3 heteroatoms. The molecule has 0 aliphatic carbocycles. The van der Waals surface area contributed by atoms with Gasteiger partial charge < -0.3 is 0 Å². The second-order valence-corrected chi connectivity index (χ2v) is 0.102. The number of nitrogens with one attached hydrogen (secondary N) is 1. The SMILES string of the molecule is N=C=O.[NaH]. The standard InChI is InChI=1S/CHNO.Na.H/c2-1-3;;/h2H;;. The maximum atomic E-state index is 8.35. The van der Waals surface area contributed by atoms with Gasteiger partial charge in [-0.3, -0.25) is 0 Å². The van der Waals surface area contributed by atoms with Crippen LogP contribution in [0.1, 0.15) is 0 Å². The third-order valence-corrected chi connectivity index (χ3v) is 0. The van der Waals surface area contributed by atoms with Crippen LogP contribution in [-0.4, -0.2) is 35.6 Å². The summed E-state index contributed by atoms with van der Waals surface area (Å²) in [6.45, 7) is 0. The average molecular weight is 67.0 g/mol. The predicted octanol–water partition coefficient (Wildman–Crippen LogP) is -0.748. The normalized spacial score (nSPS) is 2.00. The summed E-state index contributed by atoms with van der Waals surface area (Å²) in [6, 6.07) is 0. The zero-order chi connectivity index (χ0) is 2.71. The van der Waals surface area contributed by atoms with Crippen LogP contribution in [0.3, 0.4) is 0 Å². The van der Waals surface area contributed by atoms with Gasteiger partial charge in [-0.05, 0) is 0 Å². The molecular formula is CH2NNaO. The first-order valence-electron chi connectivity index (χ1n) is 0.454. The van der Waals surface area contributed by atoms with E-state index >= 15 is 0 Å². The second kappa shape index (κ2) is 10.1. The van der Waals surface area contributed by atoms with E-state index < -0.39 is 0 Å². The summed E-state index contributed by atoms with van der Waals surface area (Å²) in [4.78, 5) is 8.35. The Kier molecular flexibility index (Phi) is 22.2. The van der Waals surface area contributed by atoms with Crippen molar-refractivity contribution in [3.63, 3.8) is 0 Å². The van der Waals surface area contributed by atoms with Gasteiger partial charge in [0.1, 0.15) is 0 Å². The molecule has 0 saturated heterocycles. The Labute approximate surface area is 46.0 Å². The summed E-state index contributed by atoms with van der Waals surface area (Å²) in [5, 5.41) is 5.40. The molecule has 0 amide bonds. The van der Waals surface area contributed by atoms with E-state index in [4.69, 9.17) is 10.2 Å². The number of isocyanates is 1. The van der Waals surface area contributed by atoms with Gasteiger partial charge in [-0.1, -0.05) is 0 Å². The van der Waals surface area contributed by atoms with E-state index in [9.17, 15) is 0 Å². The van der Waals surface area contributed by atoms with Crippen LogP contribution in [0.5, 0.6) is 0 Å². The fraction of sp³-hybridized carbons (Fsp3) is 0. The molecule has 1 N–H and O–H groups in total. The number of carbonyl (C=O) groups excluding carboxylic acids is 1. The Hall–Kier alpha value is 0.380. The molecule has 0 rings (SSSR count). The van der Waals surface area contributed by atoms with Crippen LogP contribution in [0.15, 0.2) is 0 Å². The summed E-state index contributed by atoms with van der Waals surface area (Å²) in [5.74, 6) is 0. The Bertz CT molecular complexity index is 29.0. The molecule has 0 atom stereocenters. The van der Waals surface area contributed by atoms with Crippen molar-refractivity contribution in [1.29, 1.82) is 5.41 Å². The van der Waals surface area contributed by atoms with E-state index in [1.54, 1.807) is 0 Å². The van der Waals surface area contributed by atoms with E-state index in [2.05, 4.69) is 0 Å². The molecule has 2 nitrogen and oxygen atoms in total. The number of rotatable bonds is 0. The molecule has 0 aromatic rings. The van der Waals surface area contributed by atoms with Crippen molar-refractivity contribution in [3.8, 4) is 0 Å². The summed E-state index contributed by atoms with van der Waals surface area (Å²) in [5.41, 5.74) is 0. The third-order valence-electron chi connectivity index (χ3n) is 0. The second-order valence-electron chi connectivity index (χ2n) is 0.102. The molecule has 0 heterocycles. The topological polar surface area (TPSA) is 40.9 Å². The van der Waals surface area contributed by atoms with Crippen LogP contribution in [0.4, 0.5) is 0 Å². The molecule has 0 bridgehead atoms. The van der Waals surface area contributed by atoms with Gasteiger partial charge in [-0.2, -0.15) is 0 Å². The minimum atomic E-state index is 0. The molecule has 0 aromatic carbocycles. The summed E-state index contributed by atoms with van der Waals surface area (Å²) >= 11 is 0. The van der Waals surface area contributed by atoms with E-state index in [0.717, 1.165) is 6.08 Å². The Balaban J connectivity index is 0. The fourth-order valence-corrected chi connectivity index (χ4v) is 0. The zero-order valence-electron chi connectivity index (χ0n) is 1.41. The molecule has 0 aromatic heterocycles. The molecule has 0 fully saturated rings. The zero-order valence-corrected chi connectivity index (χ0v) is 1.41. The van der Waals surface area contributed by atoms with Crippen molar-refractivity contribution >= 4 is 35.6 Å². The summed E-state index contributed by atoms with van der Waals surface area (Å²) < 4.78 is 0. The van der Waals surface area contributed by atoms with Gasteiger partial charge >= 0.3 is 29.6 Å². The van der Waals surface area contributed by atoms with Crippen molar-refractivity contribution in [2.75, 3.05) is 0 Å². The van der Waals surface area contributed by atoms with Crippen molar-refractivity contribution in [2.24, 2.45) is 0 Å². The van der Waals surface area contributed by atoms with Crippen LogP contribution in [-0.2, 0) is 4.79 Å². The van der Waals surface area contributed by atoms with Crippen LogP contribution < -0.4 is 0 Å². The molecular weight excluding hydrogens is 65.0 g/mol. The third kappa shape index (κ3) is 31.4. The van der Waals surface area contributed by atoms with Crippen LogP contribution in [0, 0.1) is 5.41 Å². The Morgan fingerprint density at radius 3 is 1.75 bits per heavy atom. The summed E-state index contributed by atoms with van der Waals surface area (Å²) in [6.07, 6.45) is 0.750.